The van der Waals surface area contributed by atoms with Crippen LogP contribution in [-0.2, 0) is 17.8 Å². The van der Waals surface area contributed by atoms with E-state index in [1.807, 2.05) is 18.2 Å². The van der Waals surface area contributed by atoms with Gasteiger partial charge in [-0.25, -0.2) is 0 Å². The van der Waals surface area contributed by atoms with Crippen molar-refractivity contribution < 1.29 is 4.79 Å². The number of aryl methyl sites for hydroxylation is 1. The van der Waals surface area contributed by atoms with E-state index in [9.17, 15) is 4.79 Å². The third-order valence-electron chi connectivity index (χ3n) is 4.84. The standard InChI is InChI=1S/C21H27N3O/c1-17-7-9-18(10-8-17)15-21(25)24(16-19-5-2-3-13-23-19)20-6-4-12-22-14-11-20/h2-3,5,7-10,13,20,22H,4,6,11-12,14-16H2,1H3/t20-/m1/s1. The van der Waals surface area contributed by atoms with Crippen molar-refractivity contribution in [2.45, 2.75) is 45.2 Å². The second-order valence-electron chi connectivity index (χ2n) is 6.84. The Morgan fingerprint density at radius 3 is 2.76 bits per heavy atom. The van der Waals surface area contributed by atoms with E-state index >= 15 is 0 Å². The van der Waals surface area contributed by atoms with Gasteiger partial charge >= 0.3 is 0 Å². The third kappa shape index (κ3) is 5.13. The van der Waals surface area contributed by atoms with Crippen molar-refractivity contribution in [2.24, 2.45) is 0 Å². The predicted molar refractivity (Wildman–Crippen MR) is 100 cm³/mol. The number of nitrogens with one attached hydrogen (secondary N) is 1. The molecule has 0 spiro atoms. The van der Waals surface area contributed by atoms with E-state index in [-0.39, 0.29) is 11.9 Å². The fraction of sp³-hybridized carbons (Fsp3) is 0.429. The Morgan fingerprint density at radius 1 is 1.16 bits per heavy atom. The van der Waals surface area contributed by atoms with E-state index in [1.165, 1.54) is 5.56 Å². The number of nitrogens with zero attached hydrogens (tertiary/aromatic N) is 2. The molecule has 1 aromatic heterocycles. The number of pyridine rings is 1. The van der Waals surface area contributed by atoms with Crippen LogP contribution in [0, 0.1) is 6.92 Å². The Morgan fingerprint density at radius 2 is 2.00 bits per heavy atom. The van der Waals surface area contributed by atoms with Crippen LogP contribution in [0.15, 0.2) is 48.7 Å². The van der Waals surface area contributed by atoms with Crippen LogP contribution in [0.1, 0.15) is 36.1 Å². The lowest BCUT2D eigenvalue weighted by Gasteiger charge is -2.31. The molecule has 1 amide bonds. The Balaban J connectivity index is 1.76. The first-order valence-corrected chi connectivity index (χ1v) is 9.18. The highest BCUT2D eigenvalue weighted by Gasteiger charge is 2.25. The first kappa shape index (κ1) is 17.6. The number of rotatable bonds is 5. The van der Waals surface area contributed by atoms with Crippen molar-refractivity contribution in [3.05, 3.63) is 65.5 Å². The summed E-state index contributed by atoms with van der Waals surface area (Å²) in [6.45, 7) is 4.68. The van der Waals surface area contributed by atoms with Gasteiger partial charge in [-0.1, -0.05) is 35.9 Å². The molecule has 0 saturated carbocycles. The summed E-state index contributed by atoms with van der Waals surface area (Å²) in [4.78, 5) is 19.6. The lowest BCUT2D eigenvalue weighted by Crippen LogP contribution is -2.41. The third-order valence-corrected chi connectivity index (χ3v) is 4.84. The predicted octanol–water partition coefficient (Wildman–Crippen LogP) is 3.10. The normalized spacial score (nSPS) is 17.7. The molecular formula is C21H27N3O. The maximum absolute atomic E-state index is 13.1. The zero-order valence-corrected chi connectivity index (χ0v) is 14.9. The molecule has 0 bridgehead atoms. The Kier molecular flexibility index (Phi) is 6.18. The largest absolute Gasteiger partial charge is 0.333 e. The molecule has 2 aromatic rings. The van der Waals surface area contributed by atoms with E-state index in [4.69, 9.17) is 0 Å². The lowest BCUT2D eigenvalue weighted by atomic mass is 10.0. The van der Waals surface area contributed by atoms with Crippen LogP contribution >= 0.6 is 0 Å². The minimum atomic E-state index is 0.196. The maximum Gasteiger partial charge on any atom is 0.227 e. The minimum Gasteiger partial charge on any atom is -0.333 e. The monoisotopic (exact) mass is 337 g/mol. The number of hydrogen-bond donors (Lipinski definition) is 1. The fourth-order valence-electron chi connectivity index (χ4n) is 3.38. The van der Waals surface area contributed by atoms with Crippen LogP contribution in [0.3, 0.4) is 0 Å². The molecule has 0 aliphatic carbocycles. The quantitative estimate of drug-likeness (QED) is 0.912. The molecule has 4 nitrogen and oxygen atoms in total. The smallest absolute Gasteiger partial charge is 0.227 e. The number of hydrogen-bond acceptors (Lipinski definition) is 3. The molecule has 0 unspecified atom stereocenters. The molecule has 1 aromatic carbocycles. The van der Waals surface area contributed by atoms with Gasteiger partial charge in [-0.3, -0.25) is 9.78 Å². The van der Waals surface area contributed by atoms with E-state index in [0.29, 0.717) is 13.0 Å². The van der Waals surface area contributed by atoms with Crippen molar-refractivity contribution in [3.63, 3.8) is 0 Å². The second-order valence-corrected chi connectivity index (χ2v) is 6.84. The van der Waals surface area contributed by atoms with Crippen LogP contribution in [0.25, 0.3) is 0 Å². The van der Waals surface area contributed by atoms with E-state index in [1.54, 1.807) is 6.20 Å². The van der Waals surface area contributed by atoms with Gasteiger partial charge in [-0.15, -0.1) is 0 Å². The average molecular weight is 337 g/mol. The van der Waals surface area contributed by atoms with E-state index in [2.05, 4.69) is 46.4 Å². The van der Waals surface area contributed by atoms with E-state index < -0.39 is 0 Å². The summed E-state index contributed by atoms with van der Waals surface area (Å²) < 4.78 is 0. The molecule has 1 saturated heterocycles. The lowest BCUT2D eigenvalue weighted by molar-refractivity contribution is -0.133. The molecule has 4 heteroatoms. The first-order valence-electron chi connectivity index (χ1n) is 9.18. The van der Waals surface area contributed by atoms with E-state index in [0.717, 1.165) is 43.6 Å². The highest BCUT2D eigenvalue weighted by atomic mass is 16.2. The SMILES string of the molecule is Cc1ccc(CC(=O)N(Cc2ccccn2)[C@@H]2CCCNCC2)cc1. The maximum atomic E-state index is 13.1. The molecule has 2 heterocycles. The topological polar surface area (TPSA) is 45.2 Å². The number of amides is 1. The molecule has 1 atom stereocenters. The van der Waals surface area contributed by atoms with Crippen molar-refractivity contribution in [1.82, 2.24) is 15.2 Å². The zero-order valence-electron chi connectivity index (χ0n) is 14.9. The van der Waals surface area contributed by atoms with Crippen molar-refractivity contribution >= 4 is 5.91 Å². The van der Waals surface area contributed by atoms with Crippen LogP contribution < -0.4 is 5.32 Å². The van der Waals surface area contributed by atoms with Gasteiger partial charge in [0, 0.05) is 12.2 Å². The van der Waals surface area contributed by atoms with Crippen molar-refractivity contribution in [1.29, 1.82) is 0 Å². The van der Waals surface area contributed by atoms with Gasteiger partial charge in [-0.2, -0.15) is 0 Å². The Labute approximate surface area is 150 Å². The Bertz CT molecular complexity index is 661. The molecular weight excluding hydrogens is 310 g/mol. The highest BCUT2D eigenvalue weighted by molar-refractivity contribution is 5.79. The number of benzene rings is 1. The summed E-state index contributed by atoms with van der Waals surface area (Å²) in [7, 11) is 0. The summed E-state index contributed by atoms with van der Waals surface area (Å²) in [6.07, 6.45) is 5.43. The number of carbonyl (C=O) groups excluding carboxylic acids is 1. The first-order chi connectivity index (χ1) is 12.2. The molecule has 0 radical (unpaired) electrons. The van der Waals surface area contributed by atoms with Crippen LogP contribution in [-0.4, -0.2) is 34.9 Å². The molecule has 1 fully saturated rings. The average Bonchev–Trinajstić information content (AvgIpc) is 2.92. The van der Waals surface area contributed by atoms with Crippen molar-refractivity contribution in [2.75, 3.05) is 13.1 Å². The minimum absolute atomic E-state index is 0.196. The molecule has 25 heavy (non-hydrogen) atoms. The van der Waals surface area contributed by atoms with Crippen LogP contribution in [0.4, 0.5) is 0 Å². The Hall–Kier alpha value is -2.20. The molecule has 3 rings (SSSR count). The summed E-state index contributed by atoms with van der Waals surface area (Å²) >= 11 is 0. The fourth-order valence-corrected chi connectivity index (χ4v) is 3.38. The number of carbonyl (C=O) groups is 1. The van der Waals surface area contributed by atoms with Crippen LogP contribution in [0.2, 0.25) is 0 Å². The van der Waals surface area contributed by atoms with Gasteiger partial charge in [0.15, 0.2) is 0 Å². The van der Waals surface area contributed by atoms with Gasteiger partial charge in [0.25, 0.3) is 0 Å². The second kappa shape index (κ2) is 8.77. The molecule has 1 N–H and O–H groups in total. The molecule has 132 valence electrons. The summed E-state index contributed by atoms with van der Waals surface area (Å²) in [6, 6.07) is 14.4. The van der Waals surface area contributed by atoms with Gasteiger partial charge < -0.3 is 10.2 Å². The van der Waals surface area contributed by atoms with Gasteiger partial charge in [0.2, 0.25) is 5.91 Å². The summed E-state index contributed by atoms with van der Waals surface area (Å²) in [5, 5.41) is 3.44. The number of aromatic nitrogens is 1. The zero-order chi connectivity index (χ0) is 17.5. The van der Waals surface area contributed by atoms with Gasteiger partial charge in [0.1, 0.15) is 0 Å². The summed E-state index contributed by atoms with van der Waals surface area (Å²) in [5.74, 6) is 0.196. The van der Waals surface area contributed by atoms with Crippen LogP contribution in [0.5, 0.6) is 0 Å². The van der Waals surface area contributed by atoms with Gasteiger partial charge in [-0.05, 0) is 57.0 Å². The molecule has 1 aliphatic rings. The van der Waals surface area contributed by atoms with Gasteiger partial charge in [0.05, 0.1) is 18.7 Å². The molecule has 1 aliphatic heterocycles. The highest BCUT2D eigenvalue weighted by Crippen LogP contribution is 2.18. The summed E-state index contributed by atoms with van der Waals surface area (Å²) in [5.41, 5.74) is 3.25. The van der Waals surface area contributed by atoms with Crippen molar-refractivity contribution in [3.8, 4) is 0 Å².